The van der Waals surface area contributed by atoms with Gasteiger partial charge in [0.1, 0.15) is 5.82 Å². The Morgan fingerprint density at radius 1 is 1.00 bits per heavy atom. The fourth-order valence-corrected chi connectivity index (χ4v) is 7.98. The summed E-state index contributed by atoms with van der Waals surface area (Å²) in [7, 11) is 2.14. The van der Waals surface area contributed by atoms with Crippen molar-refractivity contribution in [3.8, 4) is 0 Å². The van der Waals surface area contributed by atoms with Crippen LogP contribution in [0.15, 0.2) is 53.8 Å². The van der Waals surface area contributed by atoms with Gasteiger partial charge in [-0.2, -0.15) is 0 Å². The SMILES string of the molecule is CN1CCCC1c1cc(C=NC(=O)c2ccc(N3CCC(C4CCN(c5cccc6c5CNC6=O)CC4)CC3)nc2)c(/C=C/N)[nH]1. The smallest absolute Gasteiger partial charge is 0.278 e. The van der Waals surface area contributed by atoms with Gasteiger partial charge in [-0.15, -0.1) is 0 Å². The standard InChI is InChI=1S/C36H44N8O2/c1-42-15-3-6-33(42)31-20-27(30(41-31)9-14-37)22-39-35(45)26-7-8-34(38-21-26)44-18-12-25(13-19-44)24-10-16-43(17-11-24)32-5-2-4-28-29(32)23-40-36(28)46/h2,4-5,7-9,14,20-22,24-25,33,41H,3,6,10-13,15-19,23,37H2,1H3,(H,40,46)/b14-9+,39-22?. The van der Waals surface area contributed by atoms with Gasteiger partial charge in [0.05, 0.1) is 5.56 Å². The number of benzene rings is 1. The van der Waals surface area contributed by atoms with Gasteiger partial charge in [0.2, 0.25) is 0 Å². The Morgan fingerprint density at radius 3 is 2.43 bits per heavy atom. The molecular weight excluding hydrogens is 576 g/mol. The van der Waals surface area contributed by atoms with Crippen molar-refractivity contribution in [1.82, 2.24) is 20.2 Å². The molecule has 1 aromatic carbocycles. The average molecular weight is 621 g/mol. The van der Waals surface area contributed by atoms with Crippen LogP contribution in [0.3, 0.4) is 0 Å². The molecule has 3 saturated heterocycles. The molecule has 2 amide bonds. The molecule has 1 unspecified atom stereocenters. The van der Waals surface area contributed by atoms with E-state index in [2.05, 4.69) is 54.2 Å². The minimum absolute atomic E-state index is 0.0477. The largest absolute Gasteiger partial charge is 0.405 e. The summed E-state index contributed by atoms with van der Waals surface area (Å²) < 4.78 is 0. The highest BCUT2D eigenvalue weighted by molar-refractivity contribution is 6.02. The number of H-pyrrole nitrogens is 1. The summed E-state index contributed by atoms with van der Waals surface area (Å²) in [5.74, 6) is 2.11. The fraction of sp³-hybridized carbons (Fsp3) is 0.444. The van der Waals surface area contributed by atoms with Crippen LogP contribution in [0.1, 0.15) is 87.8 Å². The average Bonchev–Trinajstić information content (AvgIpc) is 3.82. The van der Waals surface area contributed by atoms with E-state index in [0.29, 0.717) is 18.2 Å². The quantitative estimate of drug-likeness (QED) is 0.326. The number of fused-ring (bicyclic) bond motifs is 1. The van der Waals surface area contributed by atoms with Gasteiger partial charge in [0.15, 0.2) is 0 Å². The van der Waals surface area contributed by atoms with E-state index in [1.165, 1.54) is 31.1 Å². The Morgan fingerprint density at radius 2 is 1.76 bits per heavy atom. The third kappa shape index (κ3) is 6.06. The maximum atomic E-state index is 13.0. The van der Waals surface area contributed by atoms with Gasteiger partial charge in [-0.05, 0) is 107 Å². The molecule has 2 aromatic heterocycles. The fourth-order valence-electron chi connectivity index (χ4n) is 7.98. The van der Waals surface area contributed by atoms with Crippen LogP contribution in [0.2, 0.25) is 0 Å². The number of hydrogen-bond acceptors (Lipinski definition) is 7. The first kappa shape index (κ1) is 30.2. The van der Waals surface area contributed by atoms with Gasteiger partial charge in [-0.1, -0.05) is 6.07 Å². The van der Waals surface area contributed by atoms with Crippen molar-refractivity contribution in [3.63, 3.8) is 0 Å². The summed E-state index contributed by atoms with van der Waals surface area (Å²) in [5, 5.41) is 2.97. The zero-order valence-corrected chi connectivity index (χ0v) is 26.6. The van der Waals surface area contributed by atoms with Crippen LogP contribution < -0.4 is 20.9 Å². The van der Waals surface area contributed by atoms with Crippen molar-refractivity contribution in [2.75, 3.05) is 49.6 Å². The van der Waals surface area contributed by atoms with E-state index in [1.807, 2.05) is 30.3 Å². The summed E-state index contributed by atoms with van der Waals surface area (Å²) >= 11 is 0. The van der Waals surface area contributed by atoms with Gasteiger partial charge in [0, 0.05) is 84.9 Å². The van der Waals surface area contributed by atoms with Crippen molar-refractivity contribution in [2.45, 2.75) is 51.1 Å². The number of piperidine rings is 2. The Bertz CT molecular complexity index is 1630. The molecule has 0 radical (unpaired) electrons. The molecule has 0 spiro atoms. The van der Waals surface area contributed by atoms with Crippen LogP contribution in [0, 0.1) is 11.8 Å². The van der Waals surface area contributed by atoms with Crippen molar-refractivity contribution in [1.29, 1.82) is 0 Å². The summed E-state index contributed by atoms with van der Waals surface area (Å²) in [6, 6.07) is 12.3. The summed E-state index contributed by atoms with van der Waals surface area (Å²) in [6.07, 6.45) is 13.6. The predicted octanol–water partition coefficient (Wildman–Crippen LogP) is 4.74. The lowest BCUT2D eigenvalue weighted by Gasteiger charge is -2.41. The molecule has 0 bridgehead atoms. The number of aromatic nitrogens is 2. The first-order chi connectivity index (χ1) is 22.5. The van der Waals surface area contributed by atoms with E-state index in [1.54, 1.807) is 12.4 Å². The summed E-state index contributed by atoms with van der Waals surface area (Å²) in [6.45, 7) is 5.76. The second-order valence-electron chi connectivity index (χ2n) is 13.2. The number of anilines is 2. The highest BCUT2D eigenvalue weighted by atomic mass is 16.2. The molecule has 46 heavy (non-hydrogen) atoms. The topological polar surface area (TPSA) is 123 Å². The number of nitrogens with one attached hydrogen (secondary N) is 2. The van der Waals surface area contributed by atoms with Crippen molar-refractivity contribution in [3.05, 3.63) is 82.4 Å². The highest BCUT2D eigenvalue weighted by Gasteiger charge is 2.32. The third-order valence-corrected chi connectivity index (χ3v) is 10.6. The van der Waals surface area contributed by atoms with E-state index in [9.17, 15) is 9.59 Å². The Labute approximate surface area is 270 Å². The number of pyridine rings is 1. The molecule has 4 aliphatic rings. The van der Waals surface area contributed by atoms with E-state index >= 15 is 0 Å². The number of rotatable bonds is 7. The number of likely N-dealkylation sites (tertiary alicyclic amines) is 1. The molecule has 3 fully saturated rings. The van der Waals surface area contributed by atoms with Gasteiger partial charge in [-0.25, -0.2) is 9.98 Å². The zero-order valence-electron chi connectivity index (χ0n) is 26.6. The van der Waals surface area contributed by atoms with Crippen LogP contribution in [0.5, 0.6) is 0 Å². The van der Waals surface area contributed by atoms with Crippen LogP contribution in [-0.2, 0) is 6.54 Å². The molecule has 10 nitrogen and oxygen atoms in total. The van der Waals surface area contributed by atoms with E-state index in [0.717, 1.165) is 97.7 Å². The minimum atomic E-state index is -0.309. The summed E-state index contributed by atoms with van der Waals surface area (Å²) in [4.78, 5) is 44.6. The number of aromatic amines is 1. The normalized spacial score (nSPS) is 21.5. The van der Waals surface area contributed by atoms with Gasteiger partial charge in [0.25, 0.3) is 11.8 Å². The molecule has 6 heterocycles. The second-order valence-corrected chi connectivity index (χ2v) is 13.2. The Balaban J connectivity index is 0.916. The molecule has 3 aromatic rings. The third-order valence-electron chi connectivity index (χ3n) is 10.6. The zero-order chi connectivity index (χ0) is 31.6. The number of amides is 2. The van der Waals surface area contributed by atoms with Crippen LogP contribution in [-0.4, -0.2) is 72.7 Å². The maximum absolute atomic E-state index is 13.0. The second kappa shape index (κ2) is 13.1. The molecule has 0 saturated carbocycles. The molecule has 240 valence electrons. The molecule has 4 N–H and O–H groups in total. The number of carbonyl (C=O) groups is 2. The number of carbonyl (C=O) groups excluding carboxylic acids is 2. The van der Waals surface area contributed by atoms with Crippen LogP contribution >= 0.6 is 0 Å². The molecule has 1 atom stereocenters. The van der Waals surface area contributed by atoms with E-state index < -0.39 is 0 Å². The van der Waals surface area contributed by atoms with E-state index in [-0.39, 0.29) is 11.8 Å². The predicted molar refractivity (Wildman–Crippen MR) is 182 cm³/mol. The van der Waals surface area contributed by atoms with Crippen molar-refractivity contribution < 1.29 is 9.59 Å². The molecular formula is C36H44N8O2. The molecule has 7 rings (SSSR count). The molecule has 4 aliphatic heterocycles. The lowest BCUT2D eigenvalue weighted by atomic mass is 9.78. The minimum Gasteiger partial charge on any atom is -0.405 e. The van der Waals surface area contributed by atoms with E-state index in [4.69, 9.17) is 5.73 Å². The number of nitrogens with two attached hydrogens (primary N) is 1. The van der Waals surface area contributed by atoms with Crippen LogP contribution in [0.4, 0.5) is 11.5 Å². The Hall–Kier alpha value is -4.44. The van der Waals surface area contributed by atoms with Crippen molar-refractivity contribution >= 4 is 35.6 Å². The summed E-state index contributed by atoms with van der Waals surface area (Å²) in [5.41, 5.74) is 12.2. The maximum Gasteiger partial charge on any atom is 0.278 e. The number of hydrogen-bond donors (Lipinski definition) is 3. The van der Waals surface area contributed by atoms with Gasteiger partial charge in [-0.3, -0.25) is 14.5 Å². The number of aliphatic imine (C=N–C) groups is 1. The first-order valence-electron chi connectivity index (χ1n) is 16.7. The first-order valence-corrected chi connectivity index (χ1v) is 16.7. The van der Waals surface area contributed by atoms with Gasteiger partial charge >= 0.3 is 0 Å². The number of nitrogens with zero attached hydrogens (tertiary/aromatic N) is 5. The van der Waals surface area contributed by atoms with Crippen LogP contribution in [0.25, 0.3) is 6.08 Å². The highest BCUT2D eigenvalue weighted by Crippen LogP contribution is 2.37. The van der Waals surface area contributed by atoms with Gasteiger partial charge < -0.3 is 25.8 Å². The monoisotopic (exact) mass is 620 g/mol. The molecule has 10 heteroatoms. The molecule has 0 aliphatic carbocycles. The van der Waals surface area contributed by atoms with Crippen molar-refractivity contribution in [2.24, 2.45) is 22.6 Å². The Kier molecular flexibility index (Phi) is 8.62. The lowest BCUT2D eigenvalue weighted by molar-refractivity contribution is 0.0964. The lowest BCUT2D eigenvalue weighted by Crippen LogP contribution is -2.41.